The van der Waals surface area contributed by atoms with Crippen molar-refractivity contribution in [3.8, 4) is 0 Å². The van der Waals surface area contributed by atoms with E-state index in [4.69, 9.17) is 4.74 Å². The molecule has 0 spiro atoms. The smallest absolute Gasteiger partial charge is 0.255 e. The Balaban J connectivity index is 2.06. The Hall–Kier alpha value is -1.40. The molecule has 0 saturated carbocycles. The second kappa shape index (κ2) is 7.04. The number of carbonyl (C=O) groups excluding carboxylic acids is 1. The molecule has 0 aliphatic carbocycles. The Labute approximate surface area is 125 Å². The van der Waals surface area contributed by atoms with E-state index < -0.39 is 6.10 Å². The third-order valence-electron chi connectivity index (χ3n) is 3.81. The highest BCUT2D eigenvalue weighted by Crippen LogP contribution is 2.14. The number of rotatable bonds is 6. The van der Waals surface area contributed by atoms with Gasteiger partial charge >= 0.3 is 0 Å². The average Bonchev–Trinajstić information content (AvgIpc) is 3.02. The fourth-order valence-electron chi connectivity index (χ4n) is 2.47. The normalized spacial score (nSPS) is 22.0. The third kappa shape index (κ3) is 3.83. The number of hydrogen-bond acceptors (Lipinski definition) is 4. The van der Waals surface area contributed by atoms with E-state index in [-0.39, 0.29) is 18.6 Å². The molecule has 0 radical (unpaired) electrons. The molecule has 6 heteroatoms. The second-order valence-corrected chi connectivity index (χ2v) is 5.95. The Morgan fingerprint density at radius 1 is 1.57 bits per heavy atom. The van der Waals surface area contributed by atoms with Gasteiger partial charge in [-0.3, -0.25) is 9.48 Å². The van der Waals surface area contributed by atoms with Gasteiger partial charge < -0.3 is 15.2 Å². The van der Waals surface area contributed by atoms with Crippen molar-refractivity contribution in [2.45, 2.75) is 52.3 Å². The van der Waals surface area contributed by atoms with Crippen LogP contribution in [0.5, 0.6) is 0 Å². The van der Waals surface area contributed by atoms with Gasteiger partial charge in [0.25, 0.3) is 5.91 Å². The molecule has 1 saturated heterocycles. The van der Waals surface area contributed by atoms with Crippen LogP contribution in [0.25, 0.3) is 0 Å². The monoisotopic (exact) mass is 295 g/mol. The summed E-state index contributed by atoms with van der Waals surface area (Å²) in [6.07, 6.45) is 2.78. The van der Waals surface area contributed by atoms with Gasteiger partial charge in [0.2, 0.25) is 0 Å². The van der Waals surface area contributed by atoms with Crippen molar-refractivity contribution in [2.75, 3.05) is 13.2 Å². The standard InChI is InChI=1S/C15H25N3O3/c1-4-13-11(7-16-18(13)6-5-10(2)3)15(20)17-12-8-21-9-14(12)19/h7,10,12,14,19H,4-6,8-9H2,1-3H3,(H,17,20)/t12-,14-/m0/s1. The van der Waals surface area contributed by atoms with Gasteiger partial charge in [-0.25, -0.2) is 0 Å². The first-order valence-electron chi connectivity index (χ1n) is 7.64. The van der Waals surface area contributed by atoms with Crippen molar-refractivity contribution in [3.05, 3.63) is 17.5 Å². The number of carbonyl (C=O) groups is 1. The summed E-state index contributed by atoms with van der Waals surface area (Å²) in [7, 11) is 0. The lowest BCUT2D eigenvalue weighted by atomic mass is 10.1. The van der Waals surface area contributed by atoms with Gasteiger partial charge in [-0.2, -0.15) is 5.10 Å². The van der Waals surface area contributed by atoms with Gasteiger partial charge in [-0.1, -0.05) is 20.8 Å². The largest absolute Gasteiger partial charge is 0.388 e. The van der Waals surface area contributed by atoms with Gasteiger partial charge in [-0.05, 0) is 18.8 Å². The number of hydrogen-bond donors (Lipinski definition) is 2. The van der Waals surface area contributed by atoms with E-state index in [1.54, 1.807) is 6.20 Å². The molecule has 0 bridgehead atoms. The molecule has 1 aliphatic heterocycles. The van der Waals surface area contributed by atoms with Gasteiger partial charge in [0.1, 0.15) is 0 Å². The molecule has 1 aromatic heterocycles. The van der Waals surface area contributed by atoms with Crippen molar-refractivity contribution >= 4 is 5.91 Å². The molecule has 0 aromatic carbocycles. The van der Waals surface area contributed by atoms with Crippen LogP contribution in [-0.2, 0) is 17.7 Å². The maximum Gasteiger partial charge on any atom is 0.255 e. The summed E-state index contributed by atoms with van der Waals surface area (Å²) in [5, 5.41) is 16.9. The van der Waals surface area contributed by atoms with Crippen LogP contribution >= 0.6 is 0 Å². The van der Waals surface area contributed by atoms with Crippen molar-refractivity contribution < 1.29 is 14.6 Å². The number of nitrogens with zero attached hydrogens (tertiary/aromatic N) is 2. The molecule has 2 N–H and O–H groups in total. The highest BCUT2D eigenvalue weighted by atomic mass is 16.5. The summed E-state index contributed by atoms with van der Waals surface area (Å²) in [5.74, 6) is 0.416. The predicted molar refractivity (Wildman–Crippen MR) is 79.1 cm³/mol. The SMILES string of the molecule is CCc1c(C(=O)N[C@H]2COC[C@@H]2O)cnn1CCC(C)C. The minimum Gasteiger partial charge on any atom is -0.388 e. The molecule has 1 fully saturated rings. The van der Waals surface area contributed by atoms with Crippen LogP contribution in [0.4, 0.5) is 0 Å². The number of nitrogens with one attached hydrogen (secondary N) is 1. The first-order valence-corrected chi connectivity index (χ1v) is 7.64. The van der Waals surface area contributed by atoms with Crippen molar-refractivity contribution in [3.63, 3.8) is 0 Å². The Morgan fingerprint density at radius 3 is 2.90 bits per heavy atom. The van der Waals surface area contributed by atoms with Crippen molar-refractivity contribution in [2.24, 2.45) is 5.92 Å². The van der Waals surface area contributed by atoms with E-state index in [9.17, 15) is 9.90 Å². The van der Waals surface area contributed by atoms with Crippen LogP contribution < -0.4 is 5.32 Å². The van der Waals surface area contributed by atoms with E-state index >= 15 is 0 Å². The number of amides is 1. The summed E-state index contributed by atoms with van der Waals surface area (Å²) >= 11 is 0. The van der Waals surface area contributed by atoms with Crippen LogP contribution in [-0.4, -0.2) is 46.2 Å². The number of aliphatic hydroxyl groups is 1. The Bertz CT molecular complexity index is 485. The van der Waals surface area contributed by atoms with Crippen molar-refractivity contribution in [1.29, 1.82) is 0 Å². The topological polar surface area (TPSA) is 76.4 Å². The summed E-state index contributed by atoms with van der Waals surface area (Å²) in [6.45, 7) is 7.82. The highest BCUT2D eigenvalue weighted by molar-refractivity contribution is 5.95. The van der Waals surface area contributed by atoms with E-state index in [0.717, 1.165) is 25.1 Å². The van der Waals surface area contributed by atoms with Gasteiger partial charge in [0.05, 0.1) is 42.8 Å². The lowest BCUT2D eigenvalue weighted by molar-refractivity contribution is 0.0885. The Morgan fingerprint density at radius 2 is 2.33 bits per heavy atom. The zero-order chi connectivity index (χ0) is 15.4. The number of aromatic nitrogens is 2. The van der Waals surface area contributed by atoms with Crippen LogP contribution in [0.2, 0.25) is 0 Å². The quantitative estimate of drug-likeness (QED) is 0.820. The second-order valence-electron chi connectivity index (χ2n) is 5.95. The molecule has 1 amide bonds. The van der Waals surface area contributed by atoms with Gasteiger partial charge in [0.15, 0.2) is 0 Å². The molecule has 1 aliphatic rings. The van der Waals surface area contributed by atoms with E-state index in [1.165, 1.54) is 0 Å². The van der Waals surface area contributed by atoms with Gasteiger partial charge in [-0.15, -0.1) is 0 Å². The van der Waals surface area contributed by atoms with Crippen LogP contribution in [0.1, 0.15) is 43.2 Å². The molecule has 21 heavy (non-hydrogen) atoms. The Kier molecular flexibility index (Phi) is 5.36. The molecular formula is C15H25N3O3. The maximum atomic E-state index is 12.3. The summed E-state index contributed by atoms with van der Waals surface area (Å²) in [5.41, 5.74) is 1.54. The fourth-order valence-corrected chi connectivity index (χ4v) is 2.47. The van der Waals surface area contributed by atoms with Crippen LogP contribution in [0.3, 0.4) is 0 Å². The molecule has 6 nitrogen and oxygen atoms in total. The van der Waals surface area contributed by atoms with Crippen LogP contribution in [0.15, 0.2) is 6.20 Å². The summed E-state index contributed by atoms with van der Waals surface area (Å²) in [6, 6.07) is -0.332. The lowest BCUT2D eigenvalue weighted by Gasteiger charge is -2.15. The molecule has 2 heterocycles. The predicted octanol–water partition coefficient (Wildman–Crippen LogP) is 0.981. The molecule has 2 rings (SSSR count). The molecule has 118 valence electrons. The molecular weight excluding hydrogens is 270 g/mol. The zero-order valence-electron chi connectivity index (χ0n) is 13.0. The minimum absolute atomic E-state index is 0.183. The maximum absolute atomic E-state index is 12.3. The van der Waals surface area contributed by atoms with Gasteiger partial charge in [0, 0.05) is 6.54 Å². The first-order chi connectivity index (χ1) is 10.0. The third-order valence-corrected chi connectivity index (χ3v) is 3.81. The summed E-state index contributed by atoms with van der Waals surface area (Å²) in [4.78, 5) is 12.3. The fraction of sp³-hybridized carbons (Fsp3) is 0.733. The first kappa shape index (κ1) is 16.0. The number of ether oxygens (including phenoxy) is 1. The van der Waals surface area contributed by atoms with E-state index in [1.807, 2.05) is 11.6 Å². The molecule has 0 unspecified atom stereocenters. The highest BCUT2D eigenvalue weighted by Gasteiger charge is 2.29. The molecule has 2 atom stereocenters. The summed E-state index contributed by atoms with van der Waals surface area (Å²) < 4.78 is 7.06. The van der Waals surface area contributed by atoms with E-state index in [2.05, 4.69) is 24.3 Å². The minimum atomic E-state index is -0.630. The zero-order valence-corrected chi connectivity index (χ0v) is 13.0. The average molecular weight is 295 g/mol. The number of aliphatic hydroxyl groups excluding tert-OH is 1. The number of aryl methyl sites for hydroxylation is 1. The lowest BCUT2D eigenvalue weighted by Crippen LogP contribution is -2.42. The van der Waals surface area contributed by atoms with Crippen LogP contribution in [0, 0.1) is 5.92 Å². The molecule has 1 aromatic rings. The van der Waals surface area contributed by atoms with E-state index in [0.29, 0.717) is 18.1 Å². The van der Waals surface area contributed by atoms with Crippen molar-refractivity contribution in [1.82, 2.24) is 15.1 Å².